The molecule has 1 atom stereocenters. The number of Topliss-reactive ketones (excluding diaryl/α,β-unsaturated/α-hetero) is 1. The van der Waals surface area contributed by atoms with Gasteiger partial charge in [0.25, 0.3) is 0 Å². The summed E-state index contributed by atoms with van der Waals surface area (Å²) in [6, 6.07) is 0. The van der Waals surface area contributed by atoms with Gasteiger partial charge in [-0.2, -0.15) is 0 Å². The highest BCUT2D eigenvalue weighted by atomic mass is 16.4. The highest BCUT2D eigenvalue weighted by Gasteiger charge is 2.51. The summed E-state index contributed by atoms with van der Waals surface area (Å²) in [5.41, 5.74) is -2.39. The van der Waals surface area contributed by atoms with E-state index in [0.717, 1.165) is 6.92 Å². The van der Waals surface area contributed by atoms with Gasteiger partial charge in [0.1, 0.15) is 5.41 Å². The van der Waals surface area contributed by atoms with Crippen LogP contribution in [0.15, 0.2) is 11.3 Å². The van der Waals surface area contributed by atoms with Crippen molar-refractivity contribution in [3.05, 3.63) is 11.3 Å². The smallest absolute Gasteiger partial charge is 0.335 e. The monoisotopic (exact) mass is 200 g/mol. The number of aliphatic carboxylic acids is 2. The standard InChI is InChI=1S/C8H8O6/c1-8(7(13)14)2-3(6(11)12)4(9)5(8)10/h9H,2H2,1H3,(H,11,12)(H,13,14). The second-order valence-corrected chi connectivity index (χ2v) is 3.28. The van der Waals surface area contributed by atoms with Crippen LogP contribution in [0.5, 0.6) is 0 Å². The molecule has 0 fully saturated rings. The first-order chi connectivity index (χ1) is 6.30. The van der Waals surface area contributed by atoms with Gasteiger partial charge in [0.05, 0.1) is 5.57 Å². The maximum absolute atomic E-state index is 11.2. The van der Waals surface area contributed by atoms with Gasteiger partial charge >= 0.3 is 11.9 Å². The molecule has 0 radical (unpaired) electrons. The quantitative estimate of drug-likeness (QED) is 0.538. The van der Waals surface area contributed by atoms with E-state index in [-0.39, 0.29) is 0 Å². The van der Waals surface area contributed by atoms with Gasteiger partial charge in [0.2, 0.25) is 5.78 Å². The van der Waals surface area contributed by atoms with E-state index < -0.39 is 40.9 Å². The molecule has 0 aromatic carbocycles. The second kappa shape index (κ2) is 2.83. The largest absolute Gasteiger partial charge is 0.504 e. The molecule has 0 saturated heterocycles. The van der Waals surface area contributed by atoms with E-state index in [1.165, 1.54) is 0 Å². The number of ketones is 1. The zero-order valence-electron chi connectivity index (χ0n) is 7.27. The molecule has 0 aromatic rings. The zero-order valence-corrected chi connectivity index (χ0v) is 7.27. The van der Waals surface area contributed by atoms with Crippen molar-refractivity contribution in [1.29, 1.82) is 0 Å². The SMILES string of the molecule is CC1(C(=O)O)CC(C(=O)O)=C(O)C1=O. The predicted molar refractivity (Wildman–Crippen MR) is 42.7 cm³/mol. The number of hydrogen-bond donors (Lipinski definition) is 3. The summed E-state index contributed by atoms with van der Waals surface area (Å²) in [7, 11) is 0. The molecule has 76 valence electrons. The molecule has 14 heavy (non-hydrogen) atoms. The van der Waals surface area contributed by atoms with Gasteiger partial charge in [-0.25, -0.2) is 4.79 Å². The Balaban J connectivity index is 3.17. The van der Waals surface area contributed by atoms with Crippen LogP contribution in [0.2, 0.25) is 0 Å². The minimum Gasteiger partial charge on any atom is -0.504 e. The lowest BCUT2D eigenvalue weighted by Gasteiger charge is -2.14. The van der Waals surface area contributed by atoms with Crippen LogP contribution in [0.25, 0.3) is 0 Å². The van der Waals surface area contributed by atoms with Crippen molar-refractivity contribution in [3.8, 4) is 0 Å². The van der Waals surface area contributed by atoms with Gasteiger partial charge in [-0.1, -0.05) is 0 Å². The van der Waals surface area contributed by atoms with E-state index in [1.807, 2.05) is 0 Å². The Labute approximate surface area is 78.5 Å². The summed E-state index contributed by atoms with van der Waals surface area (Å²) >= 11 is 0. The number of carboxylic acid groups (broad SMARTS) is 2. The fourth-order valence-corrected chi connectivity index (χ4v) is 1.27. The maximum atomic E-state index is 11.2. The number of carbonyl (C=O) groups is 3. The van der Waals surface area contributed by atoms with E-state index >= 15 is 0 Å². The number of carbonyl (C=O) groups excluding carboxylic acids is 1. The third-order valence-electron chi connectivity index (χ3n) is 2.26. The third kappa shape index (κ3) is 1.15. The normalized spacial score (nSPS) is 26.8. The van der Waals surface area contributed by atoms with Gasteiger partial charge in [0, 0.05) is 6.42 Å². The average molecular weight is 200 g/mol. The molecule has 0 aliphatic heterocycles. The van der Waals surface area contributed by atoms with Crippen LogP contribution >= 0.6 is 0 Å². The van der Waals surface area contributed by atoms with Gasteiger partial charge in [-0.3, -0.25) is 9.59 Å². The zero-order chi connectivity index (χ0) is 11.1. The summed E-state index contributed by atoms with van der Waals surface area (Å²) in [5.74, 6) is -4.92. The van der Waals surface area contributed by atoms with Crippen molar-refractivity contribution in [2.24, 2.45) is 5.41 Å². The Kier molecular flexibility index (Phi) is 2.07. The van der Waals surface area contributed by atoms with Crippen molar-refractivity contribution >= 4 is 17.7 Å². The number of carboxylic acids is 2. The van der Waals surface area contributed by atoms with Crippen molar-refractivity contribution < 1.29 is 29.7 Å². The molecule has 0 aromatic heterocycles. The fraction of sp³-hybridized carbons (Fsp3) is 0.375. The maximum Gasteiger partial charge on any atom is 0.335 e. The van der Waals surface area contributed by atoms with E-state index in [0.29, 0.717) is 0 Å². The number of allylic oxidation sites excluding steroid dienone is 1. The summed E-state index contributed by atoms with van der Waals surface area (Å²) < 4.78 is 0. The summed E-state index contributed by atoms with van der Waals surface area (Å²) in [4.78, 5) is 32.4. The Hall–Kier alpha value is -1.85. The van der Waals surface area contributed by atoms with E-state index in [2.05, 4.69) is 0 Å². The minimum absolute atomic E-state index is 0.484. The van der Waals surface area contributed by atoms with Gasteiger partial charge < -0.3 is 15.3 Å². The van der Waals surface area contributed by atoms with Crippen molar-refractivity contribution in [2.75, 3.05) is 0 Å². The predicted octanol–water partition coefficient (Wildman–Crippen LogP) is -0.0532. The fourth-order valence-electron chi connectivity index (χ4n) is 1.27. The van der Waals surface area contributed by atoms with Crippen molar-refractivity contribution in [2.45, 2.75) is 13.3 Å². The first-order valence-corrected chi connectivity index (χ1v) is 3.74. The van der Waals surface area contributed by atoms with Crippen molar-refractivity contribution in [1.82, 2.24) is 0 Å². The Morgan fingerprint density at radius 3 is 2.07 bits per heavy atom. The topological polar surface area (TPSA) is 112 Å². The molecule has 0 bridgehead atoms. The first kappa shape index (κ1) is 10.2. The van der Waals surface area contributed by atoms with Crippen LogP contribution in [0.1, 0.15) is 13.3 Å². The van der Waals surface area contributed by atoms with Crippen LogP contribution in [0.3, 0.4) is 0 Å². The molecule has 1 aliphatic carbocycles. The highest BCUT2D eigenvalue weighted by molar-refractivity contribution is 6.16. The summed E-state index contributed by atoms with van der Waals surface area (Å²) in [6.07, 6.45) is -0.484. The highest BCUT2D eigenvalue weighted by Crippen LogP contribution is 2.37. The van der Waals surface area contributed by atoms with E-state index in [9.17, 15) is 14.4 Å². The molecule has 3 N–H and O–H groups in total. The summed E-state index contributed by atoms with van der Waals surface area (Å²) in [6.45, 7) is 1.09. The van der Waals surface area contributed by atoms with E-state index in [4.69, 9.17) is 15.3 Å². The Morgan fingerprint density at radius 2 is 1.86 bits per heavy atom. The second-order valence-electron chi connectivity index (χ2n) is 3.28. The molecule has 0 spiro atoms. The molecule has 1 aliphatic rings. The van der Waals surface area contributed by atoms with Gasteiger partial charge in [-0.05, 0) is 6.92 Å². The van der Waals surface area contributed by atoms with Crippen LogP contribution in [-0.2, 0) is 14.4 Å². The Morgan fingerprint density at radius 1 is 1.36 bits per heavy atom. The molecule has 0 heterocycles. The lowest BCUT2D eigenvalue weighted by molar-refractivity contribution is -0.152. The van der Waals surface area contributed by atoms with Crippen LogP contribution in [-0.4, -0.2) is 33.0 Å². The summed E-state index contributed by atoms with van der Waals surface area (Å²) in [5, 5.41) is 26.4. The molecule has 6 nitrogen and oxygen atoms in total. The average Bonchev–Trinajstić information content (AvgIpc) is 2.31. The number of aliphatic hydroxyl groups excluding tert-OH is 1. The molecule has 0 amide bonds. The van der Waals surface area contributed by atoms with Crippen molar-refractivity contribution in [3.63, 3.8) is 0 Å². The number of rotatable bonds is 2. The lowest BCUT2D eigenvalue weighted by Crippen LogP contribution is -2.33. The minimum atomic E-state index is -1.85. The van der Waals surface area contributed by atoms with Crippen LogP contribution in [0, 0.1) is 5.41 Å². The number of aliphatic hydroxyl groups is 1. The molecule has 1 rings (SSSR count). The van der Waals surface area contributed by atoms with E-state index in [1.54, 1.807) is 0 Å². The van der Waals surface area contributed by atoms with Crippen LogP contribution in [0.4, 0.5) is 0 Å². The first-order valence-electron chi connectivity index (χ1n) is 3.74. The van der Waals surface area contributed by atoms with Crippen LogP contribution < -0.4 is 0 Å². The molecule has 6 heteroatoms. The molecule has 0 saturated carbocycles. The molecular formula is C8H8O6. The number of hydrogen-bond acceptors (Lipinski definition) is 4. The molecular weight excluding hydrogens is 192 g/mol. The Bertz CT molecular complexity index is 366. The molecule has 1 unspecified atom stereocenters. The van der Waals surface area contributed by atoms with Gasteiger partial charge in [-0.15, -0.1) is 0 Å². The van der Waals surface area contributed by atoms with Gasteiger partial charge in [0.15, 0.2) is 5.76 Å². The lowest BCUT2D eigenvalue weighted by atomic mass is 9.86. The third-order valence-corrected chi connectivity index (χ3v) is 2.26.